The van der Waals surface area contributed by atoms with Crippen LogP contribution in [0.1, 0.15) is 121 Å². The molecule has 5 heteroatoms. The van der Waals surface area contributed by atoms with Gasteiger partial charge in [0.15, 0.2) is 8.07 Å². The van der Waals surface area contributed by atoms with E-state index in [2.05, 4.69) is 289 Å². The van der Waals surface area contributed by atoms with Gasteiger partial charge in [0.2, 0.25) is 0 Å². The monoisotopic (exact) mass is 1090 g/mol. The average molecular weight is 1090 g/mol. The second kappa shape index (κ2) is 16.6. The molecule has 0 aromatic heterocycles. The first-order valence-corrected chi connectivity index (χ1v) is 32.7. The lowest BCUT2D eigenvalue weighted by Crippen LogP contribution is -2.88. The number of hydrogen-bond donors (Lipinski definition) is 0. The third-order valence-electron chi connectivity index (χ3n) is 22.2. The molecule has 4 aliphatic heterocycles. The number of nitrogens with zero attached hydrogens (tertiary/aromatic N) is 3. The van der Waals surface area contributed by atoms with Crippen molar-refractivity contribution in [2.75, 3.05) is 14.7 Å². The van der Waals surface area contributed by atoms with Gasteiger partial charge in [-0.1, -0.05) is 226 Å². The van der Waals surface area contributed by atoms with Gasteiger partial charge in [-0.2, -0.15) is 0 Å². The third-order valence-corrected chi connectivity index (χ3v) is 27.1. The van der Waals surface area contributed by atoms with Crippen molar-refractivity contribution in [2.24, 2.45) is 0 Å². The first-order valence-electron chi connectivity index (χ1n) is 30.7. The van der Waals surface area contributed by atoms with Crippen LogP contribution in [0.15, 0.2) is 212 Å². The molecule has 10 aromatic rings. The van der Waals surface area contributed by atoms with Crippen LogP contribution in [0.5, 0.6) is 0 Å². The normalized spacial score (nSPS) is 20.7. The number of anilines is 8. The van der Waals surface area contributed by atoms with Gasteiger partial charge < -0.3 is 14.7 Å². The fraction of sp³-hybridized carbons (Fsp3) is 0.231. The highest BCUT2D eigenvalue weighted by Gasteiger charge is 2.60. The molecule has 4 heterocycles. The maximum absolute atomic E-state index is 3.07. The van der Waals surface area contributed by atoms with Crippen LogP contribution < -0.4 is 51.8 Å². The predicted octanol–water partition coefficient (Wildman–Crippen LogP) is 15.1. The maximum atomic E-state index is 2.85. The summed E-state index contributed by atoms with van der Waals surface area (Å²) in [6.07, 6.45) is 4.74. The summed E-state index contributed by atoms with van der Waals surface area (Å²) < 4.78 is 0. The van der Waals surface area contributed by atoms with Crippen LogP contribution in [0, 0.1) is 0 Å². The number of benzene rings is 10. The molecular formula is C78H70BN3Si. The molecule has 404 valence electrons. The molecule has 0 N–H and O–H groups in total. The Kier molecular flexibility index (Phi) is 9.88. The van der Waals surface area contributed by atoms with E-state index in [4.69, 9.17) is 0 Å². The topological polar surface area (TPSA) is 9.72 Å². The van der Waals surface area contributed by atoms with Crippen LogP contribution >= 0.6 is 0 Å². The van der Waals surface area contributed by atoms with Gasteiger partial charge in [-0.25, -0.2) is 0 Å². The minimum absolute atomic E-state index is 0.0204. The quantitative estimate of drug-likeness (QED) is 0.159. The first kappa shape index (κ1) is 49.5. The van der Waals surface area contributed by atoms with Crippen LogP contribution in [-0.2, 0) is 21.7 Å². The predicted molar refractivity (Wildman–Crippen MR) is 354 cm³/mol. The lowest BCUT2D eigenvalue weighted by atomic mass is 9.33. The highest BCUT2D eigenvalue weighted by atomic mass is 28.3. The summed E-state index contributed by atoms with van der Waals surface area (Å²) in [5.74, 6) is 0. The van der Waals surface area contributed by atoms with Crippen LogP contribution in [0.2, 0.25) is 0 Å². The van der Waals surface area contributed by atoms with E-state index in [-0.39, 0.29) is 33.9 Å². The van der Waals surface area contributed by atoms with Crippen LogP contribution in [0.3, 0.4) is 0 Å². The molecular weight excluding hydrogens is 1020 g/mol. The molecule has 0 radical (unpaired) electrons. The van der Waals surface area contributed by atoms with E-state index in [0.29, 0.717) is 0 Å². The summed E-state index contributed by atoms with van der Waals surface area (Å²) in [7, 11) is -3.07. The molecule has 0 amide bonds. The van der Waals surface area contributed by atoms with Gasteiger partial charge in [-0.05, 0) is 173 Å². The van der Waals surface area contributed by atoms with Crippen molar-refractivity contribution in [3.63, 3.8) is 0 Å². The smallest absolute Gasteiger partial charge is 0.251 e. The Morgan fingerprint density at radius 3 is 1.39 bits per heavy atom. The van der Waals surface area contributed by atoms with E-state index in [1.54, 1.807) is 0 Å². The third kappa shape index (κ3) is 6.16. The van der Waals surface area contributed by atoms with Crippen LogP contribution in [0.4, 0.5) is 45.5 Å². The highest BCUT2D eigenvalue weighted by Crippen LogP contribution is 2.63. The van der Waals surface area contributed by atoms with Crippen LogP contribution in [0.25, 0.3) is 22.3 Å². The molecule has 2 unspecified atom stereocenters. The molecule has 3 aliphatic carbocycles. The summed E-state index contributed by atoms with van der Waals surface area (Å²) in [5, 5.41) is 5.80. The second-order valence-corrected chi connectivity index (χ2v) is 31.6. The van der Waals surface area contributed by atoms with Crippen molar-refractivity contribution in [3.8, 4) is 22.3 Å². The minimum atomic E-state index is -3.07. The van der Waals surface area contributed by atoms with Crippen molar-refractivity contribution in [1.82, 2.24) is 0 Å². The zero-order chi connectivity index (χ0) is 56.3. The van der Waals surface area contributed by atoms with Gasteiger partial charge in [0.05, 0.1) is 5.54 Å². The first-order chi connectivity index (χ1) is 40.1. The van der Waals surface area contributed by atoms with Crippen molar-refractivity contribution in [2.45, 2.75) is 115 Å². The SMILES string of the molecule is CC(C)(C)c1ccc2c(c1)C1(C)CCCCC1(C)N2c1cc2c3c(c1)N(c1ccc4c(c1)C(C)(C)c1ccccc1-4)c1cccc4c1B3c1c(cccc1[Si]4(c1ccccc1)c1ccccc1)N2c1ccc2c(c1)C(C)(C)c1ccccc1-2. The largest absolute Gasteiger partial charge is 0.334 e. The molecule has 2 atom stereocenters. The molecule has 17 rings (SSSR count). The van der Waals surface area contributed by atoms with E-state index in [0.717, 1.165) is 6.42 Å². The molecule has 1 saturated carbocycles. The van der Waals surface area contributed by atoms with Gasteiger partial charge in [-0.15, -0.1) is 0 Å². The molecule has 83 heavy (non-hydrogen) atoms. The summed E-state index contributed by atoms with van der Waals surface area (Å²) in [5.41, 5.74) is 27.8. The molecule has 0 saturated heterocycles. The van der Waals surface area contributed by atoms with Gasteiger partial charge in [0.25, 0.3) is 6.71 Å². The Morgan fingerprint density at radius 2 is 0.867 bits per heavy atom. The fourth-order valence-corrected chi connectivity index (χ4v) is 23.3. The summed E-state index contributed by atoms with van der Waals surface area (Å²) in [4.78, 5) is 8.34. The summed E-state index contributed by atoms with van der Waals surface area (Å²) in [6.45, 7) is 22.1. The summed E-state index contributed by atoms with van der Waals surface area (Å²) in [6, 6.07) is 84.3. The average Bonchev–Trinajstić information content (AvgIpc) is 1.29. The second-order valence-electron chi connectivity index (χ2n) is 27.9. The number of hydrogen-bond acceptors (Lipinski definition) is 3. The van der Waals surface area contributed by atoms with Gasteiger partial charge in [-0.3, -0.25) is 0 Å². The van der Waals surface area contributed by atoms with Gasteiger partial charge in [0, 0.05) is 61.7 Å². The van der Waals surface area contributed by atoms with Crippen molar-refractivity contribution in [1.29, 1.82) is 0 Å². The Morgan fingerprint density at radius 1 is 0.386 bits per heavy atom. The van der Waals surface area contributed by atoms with Gasteiger partial charge in [0.1, 0.15) is 0 Å². The van der Waals surface area contributed by atoms with Crippen molar-refractivity contribution < 1.29 is 0 Å². The summed E-state index contributed by atoms with van der Waals surface area (Å²) >= 11 is 0. The fourth-order valence-electron chi connectivity index (χ4n) is 18.0. The maximum Gasteiger partial charge on any atom is 0.251 e. The van der Waals surface area contributed by atoms with Crippen molar-refractivity contribution in [3.05, 3.63) is 246 Å². The van der Waals surface area contributed by atoms with E-state index < -0.39 is 8.07 Å². The van der Waals surface area contributed by atoms with Gasteiger partial charge >= 0.3 is 0 Å². The van der Waals surface area contributed by atoms with E-state index >= 15 is 0 Å². The lowest BCUT2D eigenvalue weighted by molar-refractivity contribution is 0.195. The Hall–Kier alpha value is -8.12. The highest BCUT2D eigenvalue weighted by molar-refractivity contribution is 7.27. The Bertz CT molecular complexity index is 4230. The van der Waals surface area contributed by atoms with Crippen LogP contribution in [-0.4, -0.2) is 20.3 Å². The minimum Gasteiger partial charge on any atom is -0.334 e. The van der Waals surface area contributed by atoms with Crippen molar-refractivity contribution >= 4 is 97.4 Å². The Labute approximate surface area is 492 Å². The number of rotatable bonds is 5. The lowest BCUT2D eigenvalue weighted by Gasteiger charge is -2.53. The zero-order valence-corrected chi connectivity index (χ0v) is 50.5. The molecule has 7 aliphatic rings. The standard InChI is InChI=1S/C78H70BN3Si/c1-74(2,3)49-36-41-64-63(44-49)77(8)42-20-21-43-78(77,9)82(64)52-47-67-71-68(48-52)81(51-38-40-58-56-29-17-19-31-60(56)76(6,7)62(58)46-51)66-33-23-35-70-73(66)79(71)72-65(80(67)50-37-39-57-55-28-16-18-30-59(55)75(4,5)61(57)45-50)32-22-34-69(72)83(70,53-24-12-10-13-25-53)54-26-14-11-15-27-54/h10-19,22-41,44-48H,20-21,42-43H2,1-9H3. The molecule has 0 bridgehead atoms. The molecule has 0 spiro atoms. The molecule has 3 nitrogen and oxygen atoms in total. The zero-order valence-electron chi connectivity index (χ0n) is 49.5. The van der Waals surface area contributed by atoms with E-state index in [1.165, 1.54) is 158 Å². The number of fused-ring (bicyclic) bond motifs is 9. The molecule has 1 fully saturated rings. The molecule has 10 aromatic carbocycles. The Balaban J connectivity index is 1.02. The van der Waals surface area contributed by atoms with E-state index in [9.17, 15) is 0 Å². The van der Waals surface area contributed by atoms with E-state index in [1.807, 2.05) is 0 Å².